The van der Waals surface area contributed by atoms with Crippen molar-refractivity contribution in [2.24, 2.45) is 5.73 Å². The van der Waals surface area contributed by atoms with Gasteiger partial charge in [-0.05, 0) is 13.0 Å². The van der Waals surface area contributed by atoms with Gasteiger partial charge in [0, 0.05) is 18.0 Å². The van der Waals surface area contributed by atoms with Crippen molar-refractivity contribution < 1.29 is 9.47 Å². The van der Waals surface area contributed by atoms with Gasteiger partial charge in [0.1, 0.15) is 0 Å². The quantitative estimate of drug-likeness (QED) is 0.804. The van der Waals surface area contributed by atoms with Gasteiger partial charge in [-0.2, -0.15) is 0 Å². The molecule has 0 spiro atoms. The van der Waals surface area contributed by atoms with Gasteiger partial charge >= 0.3 is 0 Å². The van der Waals surface area contributed by atoms with E-state index in [2.05, 4.69) is 0 Å². The molecule has 15 heavy (non-hydrogen) atoms. The highest BCUT2D eigenvalue weighted by Gasteiger charge is 2.15. The van der Waals surface area contributed by atoms with Crippen molar-refractivity contribution in [3.8, 4) is 11.5 Å². The van der Waals surface area contributed by atoms with Crippen LogP contribution in [0.2, 0.25) is 0 Å². The maximum atomic E-state index is 5.85. The molecule has 0 amide bonds. The van der Waals surface area contributed by atoms with Crippen molar-refractivity contribution in [3.63, 3.8) is 0 Å². The van der Waals surface area contributed by atoms with E-state index >= 15 is 0 Å². The average Bonchev–Trinajstić information content (AvgIpc) is 2.41. The van der Waals surface area contributed by atoms with Crippen LogP contribution >= 0.6 is 12.4 Å². The second-order valence-corrected chi connectivity index (χ2v) is 3.51. The Morgan fingerprint density at radius 2 is 2.00 bits per heavy atom. The molecule has 1 heterocycles. The minimum atomic E-state index is -0.0216. The molecule has 84 valence electrons. The van der Waals surface area contributed by atoms with Crippen LogP contribution in [0.15, 0.2) is 18.2 Å². The molecule has 1 unspecified atom stereocenters. The van der Waals surface area contributed by atoms with E-state index in [0.717, 1.165) is 30.1 Å². The van der Waals surface area contributed by atoms with Crippen LogP contribution in [0.3, 0.4) is 0 Å². The van der Waals surface area contributed by atoms with Crippen LogP contribution in [0, 0.1) is 0 Å². The average molecular weight is 230 g/mol. The standard InChI is InChI=1S/C11H15NO2.ClH/c1-8(12)9-4-2-5-10-11(9)14-7-3-6-13-10;/h2,4-5,8H,3,6-7,12H2,1H3;1H. The Kier molecular flexibility index (Phi) is 4.24. The largest absolute Gasteiger partial charge is 0.490 e. The molecule has 0 aliphatic carbocycles. The van der Waals surface area contributed by atoms with E-state index in [1.54, 1.807) is 0 Å². The third kappa shape index (κ3) is 2.55. The highest BCUT2D eigenvalue weighted by atomic mass is 35.5. The summed E-state index contributed by atoms with van der Waals surface area (Å²) in [5.41, 5.74) is 6.87. The molecule has 0 fully saturated rings. The molecule has 1 aromatic carbocycles. The van der Waals surface area contributed by atoms with Gasteiger partial charge in [0.25, 0.3) is 0 Å². The SMILES string of the molecule is CC(N)c1cccc2c1OCCCO2.Cl. The Morgan fingerprint density at radius 1 is 1.27 bits per heavy atom. The van der Waals surface area contributed by atoms with Crippen LogP contribution < -0.4 is 15.2 Å². The lowest BCUT2D eigenvalue weighted by Gasteiger charge is -2.14. The molecule has 1 aromatic rings. The molecule has 3 nitrogen and oxygen atoms in total. The summed E-state index contributed by atoms with van der Waals surface area (Å²) < 4.78 is 11.2. The van der Waals surface area contributed by atoms with Crippen molar-refractivity contribution >= 4 is 12.4 Å². The van der Waals surface area contributed by atoms with Gasteiger partial charge in [-0.15, -0.1) is 12.4 Å². The number of para-hydroxylation sites is 1. The molecule has 0 bridgehead atoms. The van der Waals surface area contributed by atoms with Crippen LogP contribution in [0.5, 0.6) is 11.5 Å². The predicted octanol–water partition coefficient (Wildman–Crippen LogP) is 2.29. The molecular formula is C11H16ClNO2. The van der Waals surface area contributed by atoms with Crippen molar-refractivity contribution in [1.29, 1.82) is 0 Å². The van der Waals surface area contributed by atoms with Crippen LogP contribution in [0.4, 0.5) is 0 Å². The van der Waals surface area contributed by atoms with Gasteiger partial charge in [-0.1, -0.05) is 12.1 Å². The van der Waals surface area contributed by atoms with E-state index < -0.39 is 0 Å². The summed E-state index contributed by atoms with van der Waals surface area (Å²) in [4.78, 5) is 0. The van der Waals surface area contributed by atoms with Gasteiger partial charge in [-0.3, -0.25) is 0 Å². The Balaban J connectivity index is 0.00000112. The normalized spacial score (nSPS) is 16.1. The van der Waals surface area contributed by atoms with E-state index in [9.17, 15) is 0 Å². The van der Waals surface area contributed by atoms with Crippen molar-refractivity contribution in [3.05, 3.63) is 23.8 Å². The van der Waals surface area contributed by atoms with E-state index in [0.29, 0.717) is 6.61 Å². The first kappa shape index (κ1) is 12.1. The highest BCUT2D eigenvalue weighted by Crippen LogP contribution is 2.35. The summed E-state index contributed by atoms with van der Waals surface area (Å²) in [5.74, 6) is 1.64. The molecule has 0 aromatic heterocycles. The van der Waals surface area contributed by atoms with E-state index in [1.807, 2.05) is 25.1 Å². The lowest BCUT2D eigenvalue weighted by molar-refractivity contribution is 0.295. The number of hydrogen-bond donors (Lipinski definition) is 1. The summed E-state index contributed by atoms with van der Waals surface area (Å²) >= 11 is 0. The molecule has 4 heteroatoms. The van der Waals surface area contributed by atoms with Gasteiger partial charge in [0.05, 0.1) is 13.2 Å². The molecule has 1 aliphatic heterocycles. The Hall–Kier alpha value is -0.930. The van der Waals surface area contributed by atoms with Crippen LogP contribution in [0.25, 0.3) is 0 Å². The Bertz CT molecular complexity index is 328. The maximum Gasteiger partial charge on any atom is 0.165 e. The first-order valence-electron chi connectivity index (χ1n) is 4.93. The molecule has 1 atom stereocenters. The van der Waals surface area contributed by atoms with Crippen LogP contribution in [-0.2, 0) is 0 Å². The fourth-order valence-electron chi connectivity index (χ4n) is 1.57. The third-order valence-corrected chi connectivity index (χ3v) is 2.29. The van der Waals surface area contributed by atoms with Crippen molar-refractivity contribution in [2.75, 3.05) is 13.2 Å². The molecule has 2 N–H and O–H groups in total. The van der Waals surface area contributed by atoms with Gasteiger partial charge < -0.3 is 15.2 Å². The summed E-state index contributed by atoms with van der Waals surface area (Å²) in [6, 6.07) is 5.84. The second kappa shape index (κ2) is 5.24. The zero-order chi connectivity index (χ0) is 9.97. The lowest BCUT2D eigenvalue weighted by atomic mass is 10.1. The number of ether oxygens (including phenoxy) is 2. The minimum Gasteiger partial charge on any atom is -0.490 e. The van der Waals surface area contributed by atoms with Gasteiger partial charge in [0.2, 0.25) is 0 Å². The molecule has 0 saturated heterocycles. The summed E-state index contributed by atoms with van der Waals surface area (Å²) in [6.45, 7) is 3.37. The number of fused-ring (bicyclic) bond motifs is 1. The molecule has 0 radical (unpaired) electrons. The topological polar surface area (TPSA) is 44.5 Å². The zero-order valence-electron chi connectivity index (χ0n) is 8.73. The minimum absolute atomic E-state index is 0. The predicted molar refractivity (Wildman–Crippen MR) is 61.9 cm³/mol. The number of hydrogen-bond acceptors (Lipinski definition) is 3. The summed E-state index contributed by atoms with van der Waals surface area (Å²) in [6.07, 6.45) is 0.924. The number of rotatable bonds is 1. The first-order valence-corrected chi connectivity index (χ1v) is 4.93. The first-order chi connectivity index (χ1) is 6.79. The Labute approximate surface area is 96.0 Å². The number of nitrogens with two attached hydrogens (primary N) is 1. The zero-order valence-corrected chi connectivity index (χ0v) is 9.55. The number of halogens is 1. The Morgan fingerprint density at radius 3 is 2.73 bits per heavy atom. The summed E-state index contributed by atoms with van der Waals surface area (Å²) in [5, 5.41) is 0. The van der Waals surface area contributed by atoms with E-state index in [4.69, 9.17) is 15.2 Å². The fraction of sp³-hybridized carbons (Fsp3) is 0.455. The smallest absolute Gasteiger partial charge is 0.165 e. The monoisotopic (exact) mass is 229 g/mol. The fourth-order valence-corrected chi connectivity index (χ4v) is 1.57. The van der Waals surface area contributed by atoms with Crippen molar-refractivity contribution in [1.82, 2.24) is 0 Å². The lowest BCUT2D eigenvalue weighted by Crippen LogP contribution is -2.08. The molecule has 0 saturated carbocycles. The second-order valence-electron chi connectivity index (χ2n) is 3.51. The molecule has 1 aliphatic rings. The van der Waals surface area contributed by atoms with E-state index in [-0.39, 0.29) is 18.4 Å². The summed E-state index contributed by atoms with van der Waals surface area (Å²) in [7, 11) is 0. The third-order valence-electron chi connectivity index (χ3n) is 2.29. The van der Waals surface area contributed by atoms with E-state index in [1.165, 1.54) is 0 Å². The number of benzene rings is 1. The highest BCUT2D eigenvalue weighted by molar-refractivity contribution is 5.85. The van der Waals surface area contributed by atoms with Gasteiger partial charge in [-0.25, -0.2) is 0 Å². The van der Waals surface area contributed by atoms with Crippen LogP contribution in [-0.4, -0.2) is 13.2 Å². The van der Waals surface area contributed by atoms with Crippen LogP contribution in [0.1, 0.15) is 24.9 Å². The molecule has 2 rings (SSSR count). The van der Waals surface area contributed by atoms with Gasteiger partial charge in [0.15, 0.2) is 11.5 Å². The maximum absolute atomic E-state index is 5.85. The van der Waals surface area contributed by atoms with Crippen molar-refractivity contribution in [2.45, 2.75) is 19.4 Å². The molecular weight excluding hydrogens is 214 g/mol.